The van der Waals surface area contributed by atoms with Crippen molar-refractivity contribution in [3.63, 3.8) is 0 Å². The van der Waals surface area contributed by atoms with Gasteiger partial charge in [0.05, 0.1) is 0 Å². The van der Waals surface area contributed by atoms with Crippen molar-refractivity contribution in [2.24, 2.45) is 5.92 Å². The molecule has 1 aliphatic rings. The standard InChI is InChI=1S/C20H29I/c1-5-8-12-17(6-2)20(15-19(21)7-3)16(4)18-13-10-9-11-14-18/h6-7,12,15,18H,2,4-5,8-11,13-14H2,1,3H3/b17-12+,19-7+,20-15+. The largest absolute Gasteiger partial charge is 0.0985 e. The van der Waals surface area contributed by atoms with Crippen molar-refractivity contribution in [3.8, 4) is 0 Å². The third-order valence-electron chi connectivity index (χ3n) is 4.19. The van der Waals surface area contributed by atoms with Gasteiger partial charge in [-0.25, -0.2) is 0 Å². The maximum atomic E-state index is 4.46. The summed E-state index contributed by atoms with van der Waals surface area (Å²) in [6.07, 6.45) is 17.7. The van der Waals surface area contributed by atoms with Gasteiger partial charge in [-0.05, 0) is 77.5 Å². The number of halogens is 1. The zero-order valence-electron chi connectivity index (χ0n) is 13.6. The number of hydrogen-bond donors (Lipinski definition) is 0. The fourth-order valence-corrected chi connectivity index (χ4v) is 3.17. The lowest BCUT2D eigenvalue weighted by Crippen LogP contribution is -2.11. The van der Waals surface area contributed by atoms with Crippen molar-refractivity contribution in [3.05, 3.63) is 57.8 Å². The van der Waals surface area contributed by atoms with E-state index in [0.717, 1.165) is 6.42 Å². The monoisotopic (exact) mass is 396 g/mol. The Balaban J connectivity index is 3.09. The van der Waals surface area contributed by atoms with Gasteiger partial charge in [0.1, 0.15) is 0 Å². The highest BCUT2D eigenvalue weighted by Crippen LogP contribution is 2.36. The first kappa shape index (κ1) is 18.5. The Morgan fingerprint density at radius 1 is 1.24 bits per heavy atom. The fraction of sp³-hybridized carbons (Fsp3) is 0.500. The molecule has 0 spiro atoms. The fourth-order valence-electron chi connectivity index (χ4n) is 2.86. The molecule has 0 unspecified atom stereocenters. The summed E-state index contributed by atoms with van der Waals surface area (Å²) >= 11 is 2.39. The summed E-state index contributed by atoms with van der Waals surface area (Å²) in [5, 5.41) is 0. The molecule has 0 aliphatic heterocycles. The van der Waals surface area contributed by atoms with Crippen molar-refractivity contribution in [2.75, 3.05) is 0 Å². The van der Waals surface area contributed by atoms with Crippen LogP contribution in [0.5, 0.6) is 0 Å². The number of hydrogen-bond acceptors (Lipinski definition) is 0. The highest BCUT2D eigenvalue weighted by molar-refractivity contribution is 14.1. The van der Waals surface area contributed by atoms with Crippen LogP contribution in [0.4, 0.5) is 0 Å². The molecule has 0 saturated heterocycles. The van der Waals surface area contributed by atoms with Crippen molar-refractivity contribution in [1.29, 1.82) is 0 Å². The molecule has 116 valence electrons. The molecule has 0 amide bonds. The zero-order valence-corrected chi connectivity index (χ0v) is 15.8. The van der Waals surface area contributed by atoms with Crippen LogP contribution < -0.4 is 0 Å². The van der Waals surface area contributed by atoms with Crippen LogP contribution in [-0.2, 0) is 0 Å². The van der Waals surface area contributed by atoms with Crippen LogP contribution in [0.3, 0.4) is 0 Å². The maximum Gasteiger partial charge on any atom is 0.00934 e. The molecule has 0 atom stereocenters. The second-order valence-electron chi connectivity index (χ2n) is 5.74. The molecule has 1 rings (SSSR count). The van der Waals surface area contributed by atoms with Gasteiger partial charge in [0.15, 0.2) is 0 Å². The summed E-state index contributed by atoms with van der Waals surface area (Å²) < 4.78 is 1.27. The van der Waals surface area contributed by atoms with E-state index in [2.05, 4.69) is 67.8 Å². The van der Waals surface area contributed by atoms with Crippen LogP contribution >= 0.6 is 22.6 Å². The van der Waals surface area contributed by atoms with Gasteiger partial charge in [-0.15, -0.1) is 0 Å². The van der Waals surface area contributed by atoms with E-state index >= 15 is 0 Å². The average Bonchev–Trinajstić information content (AvgIpc) is 2.54. The molecule has 0 nitrogen and oxygen atoms in total. The van der Waals surface area contributed by atoms with E-state index in [9.17, 15) is 0 Å². The smallest absolute Gasteiger partial charge is 0.00934 e. The molecule has 0 heterocycles. The van der Waals surface area contributed by atoms with Gasteiger partial charge in [0.25, 0.3) is 0 Å². The van der Waals surface area contributed by atoms with E-state index in [1.54, 1.807) is 0 Å². The summed E-state index contributed by atoms with van der Waals surface area (Å²) in [4.78, 5) is 0. The highest BCUT2D eigenvalue weighted by atomic mass is 127. The summed E-state index contributed by atoms with van der Waals surface area (Å²) in [6.45, 7) is 12.8. The van der Waals surface area contributed by atoms with Crippen LogP contribution in [0.25, 0.3) is 0 Å². The lowest BCUT2D eigenvalue weighted by molar-refractivity contribution is 0.407. The van der Waals surface area contributed by atoms with Gasteiger partial charge in [-0.1, -0.05) is 64.0 Å². The molecule has 0 aromatic carbocycles. The van der Waals surface area contributed by atoms with E-state index in [0.29, 0.717) is 5.92 Å². The van der Waals surface area contributed by atoms with Crippen molar-refractivity contribution < 1.29 is 0 Å². The normalized spacial score (nSPS) is 18.7. The number of unbranched alkanes of at least 4 members (excludes halogenated alkanes) is 1. The Labute approximate surface area is 144 Å². The molecule has 0 bridgehead atoms. The summed E-state index contributed by atoms with van der Waals surface area (Å²) in [6, 6.07) is 0. The first-order valence-electron chi connectivity index (χ1n) is 8.19. The van der Waals surface area contributed by atoms with E-state index in [1.165, 1.54) is 58.8 Å². The van der Waals surface area contributed by atoms with Crippen LogP contribution in [0.15, 0.2) is 57.8 Å². The second kappa shape index (κ2) is 10.2. The zero-order chi connectivity index (χ0) is 15.7. The van der Waals surface area contributed by atoms with E-state index in [1.807, 2.05) is 6.08 Å². The predicted molar refractivity (Wildman–Crippen MR) is 105 cm³/mol. The lowest BCUT2D eigenvalue weighted by atomic mass is 9.79. The van der Waals surface area contributed by atoms with Gasteiger partial charge in [-0.2, -0.15) is 0 Å². The van der Waals surface area contributed by atoms with E-state index in [-0.39, 0.29) is 0 Å². The number of rotatable bonds is 7. The van der Waals surface area contributed by atoms with Gasteiger partial charge in [0, 0.05) is 3.58 Å². The molecule has 1 aliphatic carbocycles. The number of allylic oxidation sites excluding steroid dienone is 8. The summed E-state index contributed by atoms with van der Waals surface area (Å²) in [5.41, 5.74) is 3.87. The van der Waals surface area contributed by atoms with Crippen LogP contribution in [0, 0.1) is 5.92 Å². The molecular weight excluding hydrogens is 367 g/mol. The molecule has 21 heavy (non-hydrogen) atoms. The maximum absolute atomic E-state index is 4.46. The predicted octanol–water partition coefficient (Wildman–Crippen LogP) is 7.30. The van der Waals surface area contributed by atoms with E-state index < -0.39 is 0 Å². The molecule has 1 saturated carbocycles. The lowest BCUT2D eigenvalue weighted by Gasteiger charge is -2.26. The van der Waals surface area contributed by atoms with Crippen LogP contribution in [0.1, 0.15) is 58.8 Å². The minimum atomic E-state index is 0.649. The molecule has 0 aromatic rings. The minimum absolute atomic E-state index is 0.649. The molecular formula is C20H29I. The quantitative estimate of drug-likeness (QED) is 0.313. The van der Waals surface area contributed by atoms with Gasteiger partial charge < -0.3 is 0 Å². The molecule has 1 fully saturated rings. The van der Waals surface area contributed by atoms with Crippen molar-refractivity contribution in [1.82, 2.24) is 0 Å². The van der Waals surface area contributed by atoms with Crippen LogP contribution in [0.2, 0.25) is 0 Å². The molecule has 0 aromatic heterocycles. The Morgan fingerprint density at radius 3 is 2.43 bits per heavy atom. The summed E-state index contributed by atoms with van der Waals surface area (Å²) in [5.74, 6) is 0.649. The van der Waals surface area contributed by atoms with Crippen molar-refractivity contribution >= 4 is 22.6 Å². The SMILES string of the molecule is C=CC(=C\CCC)/C(=C/C(I)=C\C)C(=C)C1CCCCC1. The second-order valence-corrected chi connectivity index (χ2v) is 6.99. The Morgan fingerprint density at radius 2 is 1.90 bits per heavy atom. The Kier molecular flexibility index (Phi) is 8.98. The first-order chi connectivity index (χ1) is 10.1. The highest BCUT2D eigenvalue weighted by Gasteiger charge is 2.20. The summed E-state index contributed by atoms with van der Waals surface area (Å²) in [7, 11) is 0. The Bertz CT molecular complexity index is 442. The van der Waals surface area contributed by atoms with Gasteiger partial charge in [0.2, 0.25) is 0 Å². The molecule has 0 N–H and O–H groups in total. The average molecular weight is 396 g/mol. The topological polar surface area (TPSA) is 0 Å². The Hall–Kier alpha value is -0.570. The molecule has 0 radical (unpaired) electrons. The first-order valence-corrected chi connectivity index (χ1v) is 9.27. The van der Waals surface area contributed by atoms with Gasteiger partial charge in [-0.3, -0.25) is 0 Å². The third kappa shape index (κ3) is 5.98. The third-order valence-corrected chi connectivity index (χ3v) is 5.12. The van der Waals surface area contributed by atoms with E-state index in [4.69, 9.17) is 0 Å². The minimum Gasteiger partial charge on any atom is -0.0985 e. The van der Waals surface area contributed by atoms with Crippen molar-refractivity contribution in [2.45, 2.75) is 58.8 Å². The molecule has 1 heteroatoms. The van der Waals surface area contributed by atoms with Crippen LogP contribution in [-0.4, -0.2) is 0 Å². The van der Waals surface area contributed by atoms with Gasteiger partial charge >= 0.3 is 0 Å².